The maximum Gasteiger partial charge on any atom is 0.339 e. The van der Waals surface area contributed by atoms with Crippen LogP contribution in [0, 0.1) is 5.92 Å². The molecule has 0 bridgehead atoms. The van der Waals surface area contributed by atoms with Crippen molar-refractivity contribution < 1.29 is 9.90 Å². The Morgan fingerprint density at radius 1 is 1.59 bits per heavy atom. The van der Waals surface area contributed by atoms with Crippen molar-refractivity contribution in [1.29, 1.82) is 0 Å². The molecule has 0 saturated carbocycles. The Bertz CT molecular complexity index is 527. The number of hydrogen-bond acceptors (Lipinski definition) is 3. The molecule has 0 amide bonds. The molecule has 0 radical (unpaired) electrons. The van der Waals surface area contributed by atoms with Gasteiger partial charge in [0, 0.05) is 12.7 Å². The van der Waals surface area contributed by atoms with Crippen molar-refractivity contribution in [2.75, 3.05) is 0 Å². The van der Waals surface area contributed by atoms with Crippen LogP contribution in [0.5, 0.6) is 0 Å². The van der Waals surface area contributed by atoms with Gasteiger partial charge in [0.25, 0.3) is 0 Å². The molecule has 0 atom stereocenters. The molecule has 2 heterocycles. The van der Waals surface area contributed by atoms with Crippen LogP contribution in [0.2, 0.25) is 0 Å². The monoisotopic (exact) mass is 234 g/mol. The van der Waals surface area contributed by atoms with E-state index >= 15 is 0 Å². The Morgan fingerprint density at radius 2 is 2.35 bits per heavy atom. The first kappa shape index (κ1) is 11.4. The first-order valence-electron chi connectivity index (χ1n) is 5.38. The molecule has 0 spiro atoms. The lowest BCUT2D eigenvalue weighted by Gasteiger charge is -2.09. The van der Waals surface area contributed by atoms with Gasteiger partial charge in [0.15, 0.2) is 0 Å². The van der Waals surface area contributed by atoms with Gasteiger partial charge in [-0.25, -0.2) is 4.79 Å². The number of aromatic amines is 1. The zero-order valence-electron chi connectivity index (χ0n) is 9.71. The van der Waals surface area contributed by atoms with Crippen LogP contribution in [0.3, 0.4) is 0 Å². The molecule has 0 aliphatic carbocycles. The zero-order chi connectivity index (χ0) is 12.4. The zero-order valence-corrected chi connectivity index (χ0v) is 9.71. The third-order valence-corrected chi connectivity index (χ3v) is 2.38. The first-order valence-corrected chi connectivity index (χ1v) is 5.38. The number of aromatic nitrogens is 4. The normalized spacial score (nSPS) is 11.0. The third kappa shape index (κ3) is 2.20. The van der Waals surface area contributed by atoms with Crippen molar-refractivity contribution in [3.63, 3.8) is 0 Å². The summed E-state index contributed by atoms with van der Waals surface area (Å²) in [6.45, 7) is 4.90. The molecular weight excluding hydrogens is 220 g/mol. The number of carboxylic acid groups (broad SMARTS) is 1. The molecule has 6 heteroatoms. The second-order valence-corrected chi connectivity index (χ2v) is 4.26. The molecule has 6 nitrogen and oxygen atoms in total. The molecule has 2 N–H and O–H groups in total. The SMILES string of the molecule is CC(C)Cn1nccc1-c1[nH]ncc1C(=O)O. The predicted octanol–water partition coefficient (Wildman–Crippen LogP) is 1.63. The van der Waals surface area contributed by atoms with E-state index in [1.54, 1.807) is 16.9 Å². The first-order chi connectivity index (χ1) is 8.09. The largest absolute Gasteiger partial charge is 0.478 e. The van der Waals surface area contributed by atoms with Gasteiger partial charge < -0.3 is 5.11 Å². The molecule has 0 aliphatic rings. The molecule has 2 aromatic rings. The topological polar surface area (TPSA) is 83.8 Å². The van der Waals surface area contributed by atoms with Gasteiger partial charge in [0.1, 0.15) is 5.56 Å². The maximum absolute atomic E-state index is 11.0. The molecule has 2 aromatic heterocycles. The average Bonchev–Trinajstić information content (AvgIpc) is 2.82. The predicted molar refractivity (Wildman–Crippen MR) is 61.6 cm³/mol. The number of hydrogen-bond donors (Lipinski definition) is 2. The molecule has 17 heavy (non-hydrogen) atoms. The number of rotatable bonds is 4. The third-order valence-electron chi connectivity index (χ3n) is 2.38. The summed E-state index contributed by atoms with van der Waals surface area (Å²) >= 11 is 0. The lowest BCUT2D eigenvalue weighted by Crippen LogP contribution is -2.09. The van der Waals surface area contributed by atoms with Gasteiger partial charge in [-0.2, -0.15) is 10.2 Å². The van der Waals surface area contributed by atoms with Gasteiger partial charge in [0.2, 0.25) is 0 Å². The number of carbonyl (C=O) groups is 1. The van der Waals surface area contributed by atoms with Crippen LogP contribution < -0.4 is 0 Å². The highest BCUT2D eigenvalue weighted by Gasteiger charge is 2.17. The number of H-pyrrole nitrogens is 1. The molecule has 0 saturated heterocycles. The summed E-state index contributed by atoms with van der Waals surface area (Å²) in [7, 11) is 0. The minimum atomic E-state index is -0.994. The highest BCUT2D eigenvalue weighted by atomic mass is 16.4. The van der Waals surface area contributed by atoms with E-state index in [1.807, 2.05) is 0 Å². The van der Waals surface area contributed by atoms with E-state index in [0.29, 0.717) is 11.6 Å². The van der Waals surface area contributed by atoms with Crippen molar-refractivity contribution >= 4 is 5.97 Å². The van der Waals surface area contributed by atoms with Crippen molar-refractivity contribution in [3.05, 3.63) is 24.0 Å². The number of nitrogens with zero attached hydrogens (tertiary/aromatic N) is 3. The summed E-state index contributed by atoms with van der Waals surface area (Å²) in [5.41, 5.74) is 1.40. The highest BCUT2D eigenvalue weighted by molar-refractivity contribution is 5.94. The minimum absolute atomic E-state index is 0.163. The summed E-state index contributed by atoms with van der Waals surface area (Å²) in [6.07, 6.45) is 2.97. The summed E-state index contributed by atoms with van der Waals surface area (Å²) in [5, 5.41) is 19.7. The van der Waals surface area contributed by atoms with Crippen LogP contribution in [0.25, 0.3) is 11.4 Å². The average molecular weight is 234 g/mol. The van der Waals surface area contributed by atoms with E-state index in [2.05, 4.69) is 29.1 Å². The van der Waals surface area contributed by atoms with E-state index in [4.69, 9.17) is 5.11 Å². The Balaban J connectivity index is 2.43. The molecule has 2 rings (SSSR count). The number of carboxylic acids is 1. The number of nitrogens with one attached hydrogen (secondary N) is 1. The standard InChI is InChI=1S/C11H14N4O2/c1-7(2)6-15-9(3-4-13-15)10-8(11(16)17)5-12-14-10/h3-5,7H,6H2,1-2H3,(H,12,14)(H,16,17). The molecule has 0 aromatic carbocycles. The molecule has 0 fully saturated rings. The van der Waals surface area contributed by atoms with Crippen molar-refractivity contribution in [2.24, 2.45) is 5.92 Å². The van der Waals surface area contributed by atoms with Crippen LogP contribution >= 0.6 is 0 Å². The van der Waals surface area contributed by atoms with E-state index in [1.165, 1.54) is 6.20 Å². The van der Waals surface area contributed by atoms with Crippen molar-refractivity contribution in [3.8, 4) is 11.4 Å². The Labute approximate surface area is 98.3 Å². The van der Waals surface area contributed by atoms with Crippen LogP contribution in [0.1, 0.15) is 24.2 Å². The van der Waals surface area contributed by atoms with Gasteiger partial charge >= 0.3 is 5.97 Å². The second-order valence-electron chi connectivity index (χ2n) is 4.26. The Hall–Kier alpha value is -2.11. The second kappa shape index (κ2) is 4.40. The lowest BCUT2D eigenvalue weighted by molar-refractivity contribution is 0.0698. The highest BCUT2D eigenvalue weighted by Crippen LogP contribution is 2.21. The van der Waals surface area contributed by atoms with Crippen molar-refractivity contribution in [1.82, 2.24) is 20.0 Å². The summed E-state index contributed by atoms with van der Waals surface area (Å²) in [5.74, 6) is -0.559. The van der Waals surface area contributed by atoms with Gasteiger partial charge in [0.05, 0.1) is 17.6 Å². The quantitative estimate of drug-likeness (QED) is 0.842. The fraction of sp³-hybridized carbons (Fsp3) is 0.364. The van der Waals surface area contributed by atoms with Crippen LogP contribution in [0.4, 0.5) is 0 Å². The summed E-state index contributed by atoms with van der Waals surface area (Å²) in [4.78, 5) is 11.0. The van der Waals surface area contributed by atoms with E-state index in [9.17, 15) is 4.79 Å². The Kier molecular flexibility index (Phi) is 2.95. The van der Waals surface area contributed by atoms with E-state index in [-0.39, 0.29) is 5.56 Å². The van der Waals surface area contributed by atoms with Crippen molar-refractivity contribution in [2.45, 2.75) is 20.4 Å². The van der Waals surface area contributed by atoms with Gasteiger partial charge in [-0.1, -0.05) is 13.8 Å². The van der Waals surface area contributed by atoms with Crippen LogP contribution in [-0.4, -0.2) is 31.1 Å². The maximum atomic E-state index is 11.0. The van der Waals surface area contributed by atoms with Crippen LogP contribution in [0.15, 0.2) is 18.5 Å². The fourth-order valence-corrected chi connectivity index (χ4v) is 1.68. The molecule has 0 aliphatic heterocycles. The van der Waals surface area contributed by atoms with Crippen LogP contribution in [-0.2, 0) is 6.54 Å². The minimum Gasteiger partial charge on any atom is -0.478 e. The molecular formula is C11H14N4O2. The smallest absolute Gasteiger partial charge is 0.339 e. The van der Waals surface area contributed by atoms with E-state index < -0.39 is 5.97 Å². The summed E-state index contributed by atoms with van der Waals surface area (Å²) in [6, 6.07) is 1.78. The van der Waals surface area contributed by atoms with Gasteiger partial charge in [-0.3, -0.25) is 9.78 Å². The Morgan fingerprint density at radius 3 is 3.00 bits per heavy atom. The molecule has 0 unspecified atom stereocenters. The lowest BCUT2D eigenvalue weighted by atomic mass is 10.2. The van der Waals surface area contributed by atoms with Gasteiger partial charge in [-0.15, -0.1) is 0 Å². The number of aromatic carboxylic acids is 1. The summed E-state index contributed by atoms with van der Waals surface area (Å²) < 4.78 is 1.78. The van der Waals surface area contributed by atoms with E-state index in [0.717, 1.165) is 12.2 Å². The fourth-order valence-electron chi connectivity index (χ4n) is 1.68. The molecule has 90 valence electrons. The van der Waals surface area contributed by atoms with Gasteiger partial charge in [-0.05, 0) is 12.0 Å².